The summed E-state index contributed by atoms with van der Waals surface area (Å²) in [6.45, 7) is 0.651. The van der Waals surface area contributed by atoms with Crippen LogP contribution in [0.1, 0.15) is 21.5 Å². The van der Waals surface area contributed by atoms with Gasteiger partial charge in [-0.3, -0.25) is 4.79 Å². The van der Waals surface area contributed by atoms with Crippen molar-refractivity contribution in [1.29, 1.82) is 0 Å². The molecule has 0 N–H and O–H groups in total. The summed E-state index contributed by atoms with van der Waals surface area (Å²) < 4.78 is 16.5. The van der Waals surface area contributed by atoms with Crippen LogP contribution in [0.2, 0.25) is 0 Å². The molecular formula is C22H18O4. The summed E-state index contributed by atoms with van der Waals surface area (Å²) in [6.07, 6.45) is 0.381. The van der Waals surface area contributed by atoms with Crippen LogP contribution in [0.3, 0.4) is 0 Å². The van der Waals surface area contributed by atoms with Gasteiger partial charge in [0.15, 0.2) is 17.3 Å². The molecule has 3 aromatic rings. The van der Waals surface area contributed by atoms with Gasteiger partial charge < -0.3 is 14.2 Å². The van der Waals surface area contributed by atoms with E-state index in [0.717, 1.165) is 22.6 Å². The van der Waals surface area contributed by atoms with Crippen LogP contribution < -0.4 is 14.2 Å². The number of carbonyl (C=O) groups excluding carboxylic acids is 1. The largest absolute Gasteiger partial charge is 0.489 e. The monoisotopic (exact) mass is 346 g/mol. The van der Waals surface area contributed by atoms with E-state index in [1.165, 1.54) is 0 Å². The zero-order valence-electron chi connectivity index (χ0n) is 14.2. The summed E-state index contributed by atoms with van der Waals surface area (Å²) >= 11 is 0. The molecule has 130 valence electrons. The van der Waals surface area contributed by atoms with Crippen molar-refractivity contribution in [2.24, 2.45) is 0 Å². The van der Waals surface area contributed by atoms with Gasteiger partial charge in [-0.05, 0) is 35.4 Å². The fourth-order valence-corrected chi connectivity index (χ4v) is 2.84. The van der Waals surface area contributed by atoms with Gasteiger partial charge in [-0.1, -0.05) is 48.5 Å². The summed E-state index contributed by atoms with van der Waals surface area (Å²) in [5, 5.41) is 0. The summed E-state index contributed by atoms with van der Waals surface area (Å²) in [6, 6.07) is 22.8. The van der Waals surface area contributed by atoms with Crippen LogP contribution in [-0.2, 0) is 13.0 Å². The number of benzene rings is 3. The molecular weight excluding hydrogens is 328 g/mol. The van der Waals surface area contributed by atoms with E-state index in [-0.39, 0.29) is 12.6 Å². The first-order chi connectivity index (χ1) is 12.8. The van der Waals surface area contributed by atoms with Gasteiger partial charge in [0.05, 0.1) is 0 Å². The minimum atomic E-state index is 0.0738. The lowest BCUT2D eigenvalue weighted by Crippen LogP contribution is -2.04. The van der Waals surface area contributed by atoms with Crippen LogP contribution in [0.25, 0.3) is 0 Å². The summed E-state index contributed by atoms with van der Waals surface area (Å²) in [7, 11) is 0. The average molecular weight is 346 g/mol. The number of ketones is 1. The first-order valence-corrected chi connectivity index (χ1v) is 8.46. The number of fused-ring (bicyclic) bond motifs is 1. The lowest BCUT2D eigenvalue weighted by molar-refractivity contribution is 0.0992. The highest BCUT2D eigenvalue weighted by Crippen LogP contribution is 2.32. The van der Waals surface area contributed by atoms with Gasteiger partial charge in [-0.15, -0.1) is 0 Å². The first-order valence-electron chi connectivity index (χ1n) is 8.46. The molecule has 1 aliphatic rings. The van der Waals surface area contributed by atoms with E-state index < -0.39 is 0 Å². The Bertz CT molecular complexity index is 918. The molecule has 0 saturated heterocycles. The maximum atomic E-state index is 12.5. The van der Waals surface area contributed by atoms with Crippen LogP contribution in [0.4, 0.5) is 0 Å². The molecule has 0 saturated carbocycles. The van der Waals surface area contributed by atoms with E-state index >= 15 is 0 Å². The number of rotatable bonds is 6. The predicted octanol–water partition coefficient (Wildman–Crippen LogP) is 4.42. The Labute approximate surface area is 152 Å². The second-order valence-electron chi connectivity index (χ2n) is 6.09. The van der Waals surface area contributed by atoms with Crippen molar-refractivity contribution >= 4 is 5.78 Å². The van der Waals surface area contributed by atoms with Crippen LogP contribution in [0.5, 0.6) is 17.2 Å². The molecule has 0 radical (unpaired) electrons. The van der Waals surface area contributed by atoms with Crippen LogP contribution >= 0.6 is 0 Å². The maximum Gasteiger partial charge on any atom is 0.231 e. The minimum Gasteiger partial charge on any atom is -0.489 e. The third kappa shape index (κ3) is 3.70. The Morgan fingerprint density at radius 3 is 2.58 bits per heavy atom. The zero-order valence-corrected chi connectivity index (χ0v) is 14.2. The molecule has 26 heavy (non-hydrogen) atoms. The van der Waals surface area contributed by atoms with Crippen molar-refractivity contribution in [1.82, 2.24) is 0 Å². The first kappa shape index (κ1) is 16.2. The summed E-state index contributed by atoms with van der Waals surface area (Å²) in [4.78, 5) is 12.5. The topological polar surface area (TPSA) is 44.8 Å². The Morgan fingerprint density at radius 2 is 1.69 bits per heavy atom. The summed E-state index contributed by atoms with van der Waals surface area (Å²) in [5.74, 6) is 2.23. The number of carbonyl (C=O) groups is 1. The van der Waals surface area contributed by atoms with E-state index in [0.29, 0.717) is 24.3 Å². The second kappa shape index (κ2) is 7.31. The van der Waals surface area contributed by atoms with Crippen molar-refractivity contribution in [2.45, 2.75) is 13.0 Å². The van der Waals surface area contributed by atoms with Gasteiger partial charge >= 0.3 is 0 Å². The Kier molecular flexibility index (Phi) is 4.56. The van der Waals surface area contributed by atoms with Crippen LogP contribution in [-0.4, -0.2) is 12.6 Å². The third-order valence-corrected chi connectivity index (χ3v) is 4.21. The lowest BCUT2D eigenvalue weighted by Gasteiger charge is -2.09. The molecule has 1 heterocycles. The van der Waals surface area contributed by atoms with Crippen molar-refractivity contribution in [3.63, 3.8) is 0 Å². The van der Waals surface area contributed by atoms with Crippen molar-refractivity contribution in [3.8, 4) is 17.2 Å². The smallest absolute Gasteiger partial charge is 0.231 e. The SMILES string of the molecule is O=C(Cc1ccccc1)c1cccc(OCc2ccc3c(c2)OCO3)c1. The normalized spacial score (nSPS) is 12.0. The highest BCUT2D eigenvalue weighted by molar-refractivity contribution is 5.97. The van der Waals surface area contributed by atoms with Crippen molar-refractivity contribution < 1.29 is 19.0 Å². The zero-order chi connectivity index (χ0) is 17.8. The maximum absolute atomic E-state index is 12.5. The quantitative estimate of drug-likeness (QED) is 0.620. The molecule has 1 aliphatic heterocycles. The number of hydrogen-bond acceptors (Lipinski definition) is 4. The van der Waals surface area contributed by atoms with Gasteiger partial charge in [-0.2, -0.15) is 0 Å². The van der Waals surface area contributed by atoms with Crippen molar-refractivity contribution in [2.75, 3.05) is 6.79 Å². The molecule has 0 aromatic heterocycles. The fraction of sp³-hybridized carbons (Fsp3) is 0.136. The van der Waals surface area contributed by atoms with Gasteiger partial charge in [0, 0.05) is 12.0 Å². The van der Waals surface area contributed by atoms with E-state index in [4.69, 9.17) is 14.2 Å². The second-order valence-corrected chi connectivity index (χ2v) is 6.09. The molecule has 0 atom stereocenters. The molecule has 0 aliphatic carbocycles. The molecule has 0 fully saturated rings. The van der Waals surface area contributed by atoms with Gasteiger partial charge in [-0.25, -0.2) is 0 Å². The van der Waals surface area contributed by atoms with E-state index in [2.05, 4.69) is 0 Å². The van der Waals surface area contributed by atoms with E-state index in [1.54, 1.807) is 6.07 Å². The molecule has 3 aromatic carbocycles. The van der Waals surface area contributed by atoms with Crippen LogP contribution in [0, 0.1) is 0 Å². The van der Waals surface area contributed by atoms with Crippen LogP contribution in [0.15, 0.2) is 72.8 Å². The Hall–Kier alpha value is -3.27. The fourth-order valence-electron chi connectivity index (χ4n) is 2.84. The van der Waals surface area contributed by atoms with Gasteiger partial charge in [0.25, 0.3) is 0 Å². The van der Waals surface area contributed by atoms with E-state index in [9.17, 15) is 4.79 Å². The Morgan fingerprint density at radius 1 is 0.846 bits per heavy atom. The number of ether oxygens (including phenoxy) is 3. The lowest BCUT2D eigenvalue weighted by atomic mass is 10.0. The highest BCUT2D eigenvalue weighted by Gasteiger charge is 2.13. The average Bonchev–Trinajstić information content (AvgIpc) is 3.15. The van der Waals surface area contributed by atoms with E-state index in [1.807, 2.05) is 66.7 Å². The summed E-state index contributed by atoms with van der Waals surface area (Å²) in [5.41, 5.74) is 2.64. The minimum absolute atomic E-state index is 0.0738. The van der Waals surface area contributed by atoms with Crippen molar-refractivity contribution in [3.05, 3.63) is 89.5 Å². The Balaban J connectivity index is 1.42. The van der Waals surface area contributed by atoms with Gasteiger partial charge in [0.1, 0.15) is 12.4 Å². The molecule has 0 amide bonds. The molecule has 4 rings (SSSR count). The predicted molar refractivity (Wildman–Crippen MR) is 97.8 cm³/mol. The third-order valence-electron chi connectivity index (χ3n) is 4.21. The molecule has 0 unspecified atom stereocenters. The number of Topliss-reactive ketones (excluding diaryl/α,β-unsaturated/α-hetero) is 1. The number of hydrogen-bond donors (Lipinski definition) is 0. The molecule has 0 bridgehead atoms. The van der Waals surface area contributed by atoms with Gasteiger partial charge in [0.2, 0.25) is 6.79 Å². The molecule has 0 spiro atoms. The standard InChI is InChI=1S/C22H18O4/c23-20(11-16-5-2-1-3-6-16)18-7-4-8-19(13-18)24-14-17-9-10-21-22(12-17)26-15-25-21/h1-10,12-13H,11,14-15H2. The highest BCUT2D eigenvalue weighted by atomic mass is 16.7. The molecule has 4 heteroatoms. The molecule has 4 nitrogen and oxygen atoms in total.